The third-order valence-corrected chi connectivity index (χ3v) is 3.42. The Bertz CT molecular complexity index is 379. The van der Waals surface area contributed by atoms with Crippen LogP contribution in [-0.2, 0) is 4.74 Å². The standard InChI is InChI=1S/C15H23NO2/c1-12(2)16-8-9-17-14(10-16)11-18-15-7-5-4-6-13(15)3/h4-7,12,14H,8-11H2,1-3H3. The molecule has 100 valence electrons. The molecule has 0 bridgehead atoms. The highest BCUT2D eigenvalue weighted by atomic mass is 16.5. The number of para-hydroxylation sites is 1. The Morgan fingerprint density at radius 1 is 1.39 bits per heavy atom. The molecular weight excluding hydrogens is 226 g/mol. The summed E-state index contributed by atoms with van der Waals surface area (Å²) in [5, 5.41) is 0. The van der Waals surface area contributed by atoms with E-state index in [-0.39, 0.29) is 6.10 Å². The molecule has 0 saturated carbocycles. The molecule has 1 heterocycles. The fraction of sp³-hybridized carbons (Fsp3) is 0.600. The van der Waals surface area contributed by atoms with Crippen LogP contribution >= 0.6 is 0 Å². The maximum Gasteiger partial charge on any atom is 0.122 e. The lowest BCUT2D eigenvalue weighted by molar-refractivity contribution is -0.0565. The lowest BCUT2D eigenvalue weighted by atomic mass is 10.2. The van der Waals surface area contributed by atoms with Crippen LogP contribution < -0.4 is 4.74 Å². The van der Waals surface area contributed by atoms with E-state index < -0.39 is 0 Å². The van der Waals surface area contributed by atoms with Crippen LogP contribution in [0.4, 0.5) is 0 Å². The fourth-order valence-electron chi connectivity index (χ4n) is 2.21. The Kier molecular flexibility index (Phi) is 4.61. The lowest BCUT2D eigenvalue weighted by Gasteiger charge is -2.35. The zero-order valence-electron chi connectivity index (χ0n) is 11.6. The summed E-state index contributed by atoms with van der Waals surface area (Å²) in [6.45, 7) is 9.95. The molecule has 1 unspecified atom stereocenters. The minimum atomic E-state index is 0.181. The monoisotopic (exact) mass is 249 g/mol. The second-order valence-electron chi connectivity index (χ2n) is 5.16. The van der Waals surface area contributed by atoms with Gasteiger partial charge < -0.3 is 9.47 Å². The van der Waals surface area contributed by atoms with Gasteiger partial charge in [0.15, 0.2) is 0 Å². The molecule has 0 aromatic heterocycles. The SMILES string of the molecule is Cc1ccccc1OCC1CN(C(C)C)CCO1. The summed E-state index contributed by atoms with van der Waals surface area (Å²) in [6, 6.07) is 8.69. The van der Waals surface area contributed by atoms with E-state index in [1.165, 1.54) is 5.56 Å². The van der Waals surface area contributed by atoms with E-state index in [1.54, 1.807) is 0 Å². The van der Waals surface area contributed by atoms with Gasteiger partial charge in [0.25, 0.3) is 0 Å². The minimum Gasteiger partial charge on any atom is -0.491 e. The Balaban J connectivity index is 1.85. The maximum absolute atomic E-state index is 5.85. The topological polar surface area (TPSA) is 21.7 Å². The summed E-state index contributed by atoms with van der Waals surface area (Å²) in [5.74, 6) is 0.961. The Morgan fingerprint density at radius 3 is 2.89 bits per heavy atom. The smallest absolute Gasteiger partial charge is 0.122 e. The molecule has 0 spiro atoms. The first-order valence-electron chi connectivity index (χ1n) is 6.71. The summed E-state index contributed by atoms with van der Waals surface area (Å²) >= 11 is 0. The van der Waals surface area contributed by atoms with Crippen molar-refractivity contribution in [3.05, 3.63) is 29.8 Å². The van der Waals surface area contributed by atoms with Crippen molar-refractivity contribution >= 4 is 0 Å². The molecule has 0 amide bonds. The fourth-order valence-corrected chi connectivity index (χ4v) is 2.21. The second-order valence-corrected chi connectivity index (χ2v) is 5.16. The van der Waals surface area contributed by atoms with Crippen molar-refractivity contribution < 1.29 is 9.47 Å². The van der Waals surface area contributed by atoms with Gasteiger partial charge in [0.05, 0.1) is 6.61 Å². The van der Waals surface area contributed by atoms with Crippen molar-refractivity contribution in [2.75, 3.05) is 26.3 Å². The Hall–Kier alpha value is -1.06. The van der Waals surface area contributed by atoms with Gasteiger partial charge in [-0.25, -0.2) is 0 Å². The quantitative estimate of drug-likeness (QED) is 0.818. The first-order chi connectivity index (χ1) is 8.66. The van der Waals surface area contributed by atoms with E-state index in [9.17, 15) is 0 Å². The van der Waals surface area contributed by atoms with Crippen LogP contribution in [0.5, 0.6) is 5.75 Å². The first kappa shape index (κ1) is 13.4. The number of hydrogen-bond donors (Lipinski definition) is 0. The van der Waals surface area contributed by atoms with Crippen LogP contribution in [0.25, 0.3) is 0 Å². The summed E-state index contributed by atoms with van der Waals surface area (Å²) in [7, 11) is 0. The van der Waals surface area contributed by atoms with E-state index in [0.29, 0.717) is 12.6 Å². The predicted octanol–water partition coefficient (Wildman–Crippen LogP) is 2.48. The number of hydrogen-bond acceptors (Lipinski definition) is 3. The molecule has 1 atom stereocenters. The van der Waals surface area contributed by atoms with Crippen LogP contribution in [0.2, 0.25) is 0 Å². The average molecular weight is 249 g/mol. The van der Waals surface area contributed by atoms with Gasteiger partial charge >= 0.3 is 0 Å². The van der Waals surface area contributed by atoms with Crippen molar-refractivity contribution in [1.82, 2.24) is 4.90 Å². The van der Waals surface area contributed by atoms with Crippen molar-refractivity contribution in [3.8, 4) is 5.75 Å². The number of morpholine rings is 1. The third kappa shape index (κ3) is 3.47. The Morgan fingerprint density at radius 2 is 2.17 bits per heavy atom. The highest BCUT2D eigenvalue weighted by molar-refractivity contribution is 5.31. The van der Waals surface area contributed by atoms with Gasteiger partial charge in [-0.2, -0.15) is 0 Å². The molecule has 1 aromatic rings. The molecule has 3 heteroatoms. The first-order valence-corrected chi connectivity index (χ1v) is 6.71. The number of aryl methyl sites for hydroxylation is 1. The van der Waals surface area contributed by atoms with E-state index in [2.05, 4.69) is 31.7 Å². The van der Waals surface area contributed by atoms with Crippen molar-refractivity contribution in [2.24, 2.45) is 0 Å². The molecular formula is C15H23NO2. The number of ether oxygens (including phenoxy) is 2. The molecule has 1 saturated heterocycles. The summed E-state index contributed by atoms with van der Waals surface area (Å²) in [5.41, 5.74) is 1.18. The van der Waals surface area contributed by atoms with Crippen LogP contribution in [0, 0.1) is 6.92 Å². The van der Waals surface area contributed by atoms with Crippen LogP contribution in [-0.4, -0.2) is 43.3 Å². The number of benzene rings is 1. The molecule has 0 radical (unpaired) electrons. The van der Waals surface area contributed by atoms with Gasteiger partial charge in [0.1, 0.15) is 18.5 Å². The highest BCUT2D eigenvalue weighted by Crippen LogP contribution is 2.17. The maximum atomic E-state index is 5.85. The van der Waals surface area contributed by atoms with Crippen LogP contribution in [0.15, 0.2) is 24.3 Å². The van der Waals surface area contributed by atoms with E-state index in [4.69, 9.17) is 9.47 Å². The van der Waals surface area contributed by atoms with Crippen molar-refractivity contribution in [3.63, 3.8) is 0 Å². The van der Waals surface area contributed by atoms with Gasteiger partial charge in [0, 0.05) is 19.1 Å². The second kappa shape index (κ2) is 6.21. The van der Waals surface area contributed by atoms with E-state index in [0.717, 1.165) is 25.4 Å². The highest BCUT2D eigenvalue weighted by Gasteiger charge is 2.22. The molecule has 0 N–H and O–H groups in total. The van der Waals surface area contributed by atoms with Gasteiger partial charge in [0.2, 0.25) is 0 Å². The van der Waals surface area contributed by atoms with Gasteiger partial charge in [-0.15, -0.1) is 0 Å². The molecule has 2 rings (SSSR count). The predicted molar refractivity (Wildman–Crippen MR) is 73.1 cm³/mol. The number of rotatable bonds is 4. The third-order valence-electron chi connectivity index (χ3n) is 3.42. The van der Waals surface area contributed by atoms with E-state index >= 15 is 0 Å². The van der Waals surface area contributed by atoms with Crippen molar-refractivity contribution in [2.45, 2.75) is 32.9 Å². The Labute approximate surface area is 110 Å². The van der Waals surface area contributed by atoms with Crippen LogP contribution in [0.3, 0.4) is 0 Å². The molecule has 1 aliphatic heterocycles. The van der Waals surface area contributed by atoms with Gasteiger partial charge in [-0.3, -0.25) is 4.90 Å². The number of nitrogens with zero attached hydrogens (tertiary/aromatic N) is 1. The summed E-state index contributed by atoms with van der Waals surface area (Å²) in [4.78, 5) is 2.44. The summed E-state index contributed by atoms with van der Waals surface area (Å²) in [6.07, 6.45) is 0.181. The summed E-state index contributed by atoms with van der Waals surface area (Å²) < 4.78 is 11.6. The van der Waals surface area contributed by atoms with Gasteiger partial charge in [-0.1, -0.05) is 18.2 Å². The molecule has 1 fully saturated rings. The normalized spacial score (nSPS) is 21.2. The molecule has 0 aliphatic carbocycles. The zero-order chi connectivity index (χ0) is 13.0. The largest absolute Gasteiger partial charge is 0.491 e. The molecule has 1 aliphatic rings. The zero-order valence-corrected chi connectivity index (χ0v) is 11.6. The molecule has 3 nitrogen and oxygen atoms in total. The van der Waals surface area contributed by atoms with Crippen LogP contribution in [0.1, 0.15) is 19.4 Å². The molecule has 1 aromatic carbocycles. The van der Waals surface area contributed by atoms with Gasteiger partial charge in [-0.05, 0) is 32.4 Å². The molecule has 18 heavy (non-hydrogen) atoms. The van der Waals surface area contributed by atoms with E-state index in [1.807, 2.05) is 18.2 Å². The van der Waals surface area contributed by atoms with Crippen molar-refractivity contribution in [1.29, 1.82) is 0 Å². The average Bonchev–Trinajstić information content (AvgIpc) is 2.38. The lowest BCUT2D eigenvalue weighted by Crippen LogP contribution is -2.47. The minimum absolute atomic E-state index is 0.181.